The van der Waals surface area contributed by atoms with Gasteiger partial charge < -0.3 is 11.5 Å². The summed E-state index contributed by atoms with van der Waals surface area (Å²) in [7, 11) is 0. The summed E-state index contributed by atoms with van der Waals surface area (Å²) in [5.74, 6) is 0. The van der Waals surface area contributed by atoms with Crippen LogP contribution < -0.4 is 11.5 Å². The maximum atomic E-state index is 12.1. The Kier molecular flexibility index (Phi) is 2.25. The molecule has 1 aromatic heterocycles. The molecule has 0 aliphatic heterocycles. The van der Waals surface area contributed by atoms with Crippen LogP contribution in [-0.2, 0) is 6.18 Å². The van der Waals surface area contributed by atoms with Gasteiger partial charge in [0.05, 0.1) is 16.9 Å². The van der Waals surface area contributed by atoms with Gasteiger partial charge >= 0.3 is 6.18 Å². The fraction of sp³-hybridized carbons (Fsp3) is 0.167. The molecule has 3 nitrogen and oxygen atoms in total. The first-order chi connectivity index (χ1) is 5.84. The fourth-order valence-electron chi connectivity index (χ4n) is 0.742. The first kappa shape index (κ1) is 9.91. The molecule has 13 heavy (non-hydrogen) atoms. The van der Waals surface area contributed by atoms with Crippen LogP contribution in [0.1, 0.15) is 5.56 Å². The van der Waals surface area contributed by atoms with Crippen molar-refractivity contribution in [3.8, 4) is 0 Å². The smallest absolute Gasteiger partial charge is 0.396 e. The summed E-state index contributed by atoms with van der Waals surface area (Å²) in [5, 5.41) is -0.231. The highest BCUT2D eigenvalue weighted by Crippen LogP contribution is 2.37. The van der Waals surface area contributed by atoms with Crippen LogP contribution in [-0.4, -0.2) is 4.98 Å². The molecule has 0 fully saturated rings. The zero-order valence-corrected chi connectivity index (χ0v) is 6.95. The lowest BCUT2D eigenvalue weighted by Gasteiger charge is -2.11. The summed E-state index contributed by atoms with van der Waals surface area (Å²) < 4.78 is 36.4. The zero-order chi connectivity index (χ0) is 10.2. The molecule has 0 atom stereocenters. The van der Waals surface area contributed by atoms with Gasteiger partial charge in [-0.2, -0.15) is 13.2 Å². The highest BCUT2D eigenvalue weighted by Gasteiger charge is 2.34. The van der Waals surface area contributed by atoms with E-state index in [9.17, 15) is 13.2 Å². The van der Waals surface area contributed by atoms with Crippen LogP contribution in [0.5, 0.6) is 0 Å². The summed E-state index contributed by atoms with van der Waals surface area (Å²) in [6.45, 7) is 0. The Bertz CT molecular complexity index is 337. The first-order valence-corrected chi connectivity index (χ1v) is 3.48. The predicted molar refractivity (Wildman–Crippen MR) is 43.1 cm³/mol. The molecule has 0 saturated carbocycles. The van der Waals surface area contributed by atoms with Gasteiger partial charge in [-0.05, 0) is 0 Å². The Hall–Kier alpha value is -1.17. The molecule has 72 valence electrons. The Morgan fingerprint density at radius 2 is 1.77 bits per heavy atom. The highest BCUT2D eigenvalue weighted by atomic mass is 35.5. The van der Waals surface area contributed by atoms with E-state index in [2.05, 4.69) is 4.98 Å². The van der Waals surface area contributed by atoms with Crippen LogP contribution in [0.3, 0.4) is 0 Å². The lowest BCUT2D eigenvalue weighted by Crippen LogP contribution is -2.11. The van der Waals surface area contributed by atoms with Gasteiger partial charge in [-0.3, -0.25) is 0 Å². The molecule has 0 amide bonds. The van der Waals surface area contributed by atoms with Crippen LogP contribution >= 0.6 is 11.6 Å². The fourth-order valence-corrected chi connectivity index (χ4v) is 0.893. The van der Waals surface area contributed by atoms with E-state index in [1.165, 1.54) is 0 Å². The summed E-state index contributed by atoms with van der Waals surface area (Å²) in [6.07, 6.45) is -4.01. The Labute approximate surface area is 76.5 Å². The Balaban J connectivity index is 3.35. The molecule has 4 N–H and O–H groups in total. The quantitative estimate of drug-likeness (QED) is 0.645. The van der Waals surface area contributed by atoms with Gasteiger partial charge in [0.25, 0.3) is 0 Å². The minimum Gasteiger partial charge on any atom is -0.396 e. The average Bonchev–Trinajstić information content (AvgIpc) is 1.98. The molecule has 1 rings (SSSR count). The molecule has 0 saturated heterocycles. The largest absolute Gasteiger partial charge is 0.419 e. The number of nitrogen functional groups attached to an aromatic ring is 2. The van der Waals surface area contributed by atoms with E-state index in [4.69, 9.17) is 23.1 Å². The van der Waals surface area contributed by atoms with Crippen molar-refractivity contribution in [2.45, 2.75) is 6.18 Å². The molecule has 0 aromatic carbocycles. The SMILES string of the molecule is Nc1c(C(F)(F)F)cnc(Cl)c1N. The molecular formula is C6H5ClF3N3. The van der Waals surface area contributed by atoms with Gasteiger partial charge in [-0.25, -0.2) is 4.98 Å². The van der Waals surface area contributed by atoms with Crippen LogP contribution in [0, 0.1) is 0 Å². The molecule has 1 heterocycles. The average molecular weight is 212 g/mol. The monoisotopic (exact) mass is 211 g/mol. The van der Waals surface area contributed by atoms with Crippen LogP contribution in [0.2, 0.25) is 5.15 Å². The summed E-state index contributed by atoms with van der Waals surface area (Å²) in [5.41, 5.74) is 8.24. The van der Waals surface area contributed by atoms with Crippen molar-refractivity contribution in [2.75, 3.05) is 11.5 Å². The number of anilines is 2. The van der Waals surface area contributed by atoms with Gasteiger partial charge in [0.1, 0.15) is 0 Å². The van der Waals surface area contributed by atoms with Gasteiger partial charge in [0.2, 0.25) is 0 Å². The van der Waals surface area contributed by atoms with Crippen LogP contribution in [0.15, 0.2) is 6.20 Å². The number of hydrogen-bond acceptors (Lipinski definition) is 3. The van der Waals surface area contributed by atoms with Gasteiger partial charge in [-0.15, -0.1) is 0 Å². The number of hydrogen-bond donors (Lipinski definition) is 2. The van der Waals surface area contributed by atoms with Crippen molar-refractivity contribution < 1.29 is 13.2 Å². The van der Waals surface area contributed by atoms with E-state index in [0.717, 1.165) is 0 Å². The molecule has 0 spiro atoms. The Morgan fingerprint density at radius 3 is 2.23 bits per heavy atom. The normalized spacial score (nSPS) is 11.7. The van der Waals surface area contributed by atoms with Crippen molar-refractivity contribution in [3.05, 3.63) is 16.9 Å². The van der Waals surface area contributed by atoms with E-state index < -0.39 is 17.4 Å². The van der Waals surface area contributed by atoms with E-state index in [1.807, 2.05) is 0 Å². The number of aromatic nitrogens is 1. The Morgan fingerprint density at radius 1 is 1.23 bits per heavy atom. The molecule has 0 radical (unpaired) electrons. The lowest BCUT2D eigenvalue weighted by atomic mass is 10.2. The van der Waals surface area contributed by atoms with Crippen molar-refractivity contribution in [1.82, 2.24) is 4.98 Å². The van der Waals surface area contributed by atoms with Crippen molar-refractivity contribution in [1.29, 1.82) is 0 Å². The topological polar surface area (TPSA) is 64.9 Å². The van der Waals surface area contributed by atoms with E-state index in [-0.39, 0.29) is 10.8 Å². The third-order valence-corrected chi connectivity index (χ3v) is 1.72. The molecule has 0 aliphatic carbocycles. The molecule has 7 heteroatoms. The highest BCUT2D eigenvalue weighted by molar-refractivity contribution is 6.32. The minimum atomic E-state index is -4.56. The van der Waals surface area contributed by atoms with E-state index in [0.29, 0.717) is 6.20 Å². The van der Waals surface area contributed by atoms with Crippen LogP contribution in [0.4, 0.5) is 24.5 Å². The molecule has 0 bridgehead atoms. The second-order valence-corrected chi connectivity index (χ2v) is 2.65. The lowest BCUT2D eigenvalue weighted by molar-refractivity contribution is -0.137. The maximum absolute atomic E-state index is 12.1. The number of pyridine rings is 1. The molecule has 1 aromatic rings. The second kappa shape index (κ2) is 2.95. The number of nitrogens with two attached hydrogens (primary N) is 2. The van der Waals surface area contributed by atoms with E-state index >= 15 is 0 Å². The molecule has 0 aliphatic rings. The third-order valence-electron chi connectivity index (χ3n) is 1.41. The standard InChI is InChI=1S/C6H5ClF3N3/c7-5-4(12)3(11)2(1-13-5)6(8,9)10/h1H,12H2,(H2,11,13). The first-order valence-electron chi connectivity index (χ1n) is 3.10. The minimum absolute atomic E-state index is 0.231. The van der Waals surface area contributed by atoms with Gasteiger partial charge in [-0.1, -0.05) is 11.6 Å². The van der Waals surface area contributed by atoms with Crippen molar-refractivity contribution in [2.24, 2.45) is 0 Å². The van der Waals surface area contributed by atoms with E-state index in [1.54, 1.807) is 0 Å². The van der Waals surface area contributed by atoms with Gasteiger partial charge in [0, 0.05) is 6.20 Å². The number of halogens is 4. The summed E-state index contributed by atoms with van der Waals surface area (Å²) in [4.78, 5) is 3.25. The number of rotatable bonds is 0. The summed E-state index contributed by atoms with van der Waals surface area (Å²) in [6, 6.07) is 0. The predicted octanol–water partition coefficient (Wildman–Crippen LogP) is 1.92. The number of alkyl halides is 3. The third kappa shape index (κ3) is 1.77. The second-order valence-electron chi connectivity index (χ2n) is 2.29. The number of nitrogens with zero attached hydrogens (tertiary/aromatic N) is 1. The maximum Gasteiger partial charge on any atom is 0.419 e. The van der Waals surface area contributed by atoms with Crippen LogP contribution in [0.25, 0.3) is 0 Å². The zero-order valence-electron chi connectivity index (χ0n) is 6.19. The van der Waals surface area contributed by atoms with Crippen molar-refractivity contribution >= 4 is 23.0 Å². The molecular weight excluding hydrogens is 207 g/mol. The van der Waals surface area contributed by atoms with Crippen molar-refractivity contribution in [3.63, 3.8) is 0 Å². The summed E-state index contributed by atoms with van der Waals surface area (Å²) >= 11 is 5.35. The molecule has 0 unspecified atom stereocenters. The van der Waals surface area contributed by atoms with Gasteiger partial charge in [0.15, 0.2) is 5.15 Å².